The third kappa shape index (κ3) is 3.92. The lowest BCUT2D eigenvalue weighted by Gasteiger charge is -2.37. The van der Waals surface area contributed by atoms with Crippen molar-refractivity contribution in [3.05, 3.63) is 16.6 Å². The first-order valence-corrected chi connectivity index (χ1v) is 9.58. The maximum atomic E-state index is 12.7. The van der Waals surface area contributed by atoms with Gasteiger partial charge in [-0.1, -0.05) is 6.92 Å². The zero-order valence-electron chi connectivity index (χ0n) is 14.3. The van der Waals surface area contributed by atoms with Crippen LogP contribution >= 0.6 is 11.3 Å². The lowest BCUT2D eigenvalue weighted by atomic mass is 9.76. The molecular weight excluding hydrogens is 308 g/mol. The predicted molar refractivity (Wildman–Crippen MR) is 93.4 cm³/mol. The first kappa shape index (κ1) is 16.9. The molecule has 2 fully saturated rings. The second-order valence-corrected chi connectivity index (χ2v) is 8.12. The summed E-state index contributed by atoms with van der Waals surface area (Å²) >= 11 is 1.60. The van der Waals surface area contributed by atoms with Gasteiger partial charge in [0.25, 0.3) is 0 Å². The van der Waals surface area contributed by atoms with Crippen LogP contribution in [0.15, 0.2) is 11.6 Å². The molecule has 1 aromatic rings. The number of carbonyl (C=O) groups excluding carboxylic acids is 1. The smallest absolute Gasteiger partial charge is 0.237 e. The lowest BCUT2D eigenvalue weighted by molar-refractivity contribution is -0.125. The Kier molecular flexibility index (Phi) is 5.34. The molecule has 0 radical (unpaired) electrons. The van der Waals surface area contributed by atoms with Gasteiger partial charge in [-0.2, -0.15) is 0 Å². The summed E-state index contributed by atoms with van der Waals surface area (Å²) in [4.78, 5) is 21.8. The first-order chi connectivity index (χ1) is 11.1. The molecule has 0 aliphatic carbocycles. The van der Waals surface area contributed by atoms with Gasteiger partial charge in [0.1, 0.15) is 5.01 Å². The van der Waals surface area contributed by atoms with Crippen LogP contribution in [0, 0.1) is 5.41 Å². The maximum Gasteiger partial charge on any atom is 0.237 e. The number of nitrogens with one attached hydrogen (secondary N) is 1. The van der Waals surface area contributed by atoms with Crippen molar-refractivity contribution in [1.82, 2.24) is 20.1 Å². The lowest BCUT2D eigenvalue weighted by Crippen LogP contribution is -2.43. The van der Waals surface area contributed by atoms with Crippen molar-refractivity contribution in [3.63, 3.8) is 0 Å². The largest absolute Gasteiger partial charge is 0.348 e. The Morgan fingerprint density at radius 2 is 2.26 bits per heavy atom. The second-order valence-electron chi connectivity index (χ2n) is 7.14. The monoisotopic (exact) mass is 336 g/mol. The Labute approximate surface area is 143 Å². The summed E-state index contributed by atoms with van der Waals surface area (Å²) in [7, 11) is 2.20. The molecule has 1 amide bonds. The summed E-state index contributed by atoms with van der Waals surface area (Å²) in [5, 5.41) is 6.03. The summed E-state index contributed by atoms with van der Waals surface area (Å²) < 4.78 is 0. The van der Waals surface area contributed by atoms with E-state index in [0.717, 1.165) is 44.0 Å². The van der Waals surface area contributed by atoms with Crippen LogP contribution in [0.3, 0.4) is 0 Å². The van der Waals surface area contributed by atoms with Crippen molar-refractivity contribution in [1.29, 1.82) is 0 Å². The number of nitrogens with zero attached hydrogens (tertiary/aromatic N) is 3. The molecule has 2 aliphatic heterocycles. The van der Waals surface area contributed by atoms with Crippen molar-refractivity contribution < 1.29 is 4.79 Å². The van der Waals surface area contributed by atoms with Gasteiger partial charge in [-0.3, -0.25) is 9.69 Å². The van der Waals surface area contributed by atoms with Crippen molar-refractivity contribution >= 4 is 17.2 Å². The van der Waals surface area contributed by atoms with E-state index in [0.29, 0.717) is 12.0 Å². The summed E-state index contributed by atoms with van der Waals surface area (Å²) in [5.74, 6) is 0.185. The molecule has 6 heteroatoms. The average molecular weight is 337 g/mol. The maximum absolute atomic E-state index is 12.7. The van der Waals surface area contributed by atoms with Gasteiger partial charge >= 0.3 is 0 Å². The minimum Gasteiger partial charge on any atom is -0.348 e. The zero-order chi connectivity index (χ0) is 16.3. The van der Waals surface area contributed by atoms with Crippen molar-refractivity contribution in [3.8, 4) is 0 Å². The highest BCUT2D eigenvalue weighted by Gasteiger charge is 2.47. The highest BCUT2D eigenvalue weighted by molar-refractivity contribution is 7.09. The van der Waals surface area contributed by atoms with Gasteiger partial charge in [-0.15, -0.1) is 11.3 Å². The Hall–Kier alpha value is -0.980. The van der Waals surface area contributed by atoms with Crippen LogP contribution in [0.2, 0.25) is 0 Å². The van der Waals surface area contributed by atoms with Gasteiger partial charge in [-0.05, 0) is 57.8 Å². The normalized spacial score (nSPS) is 25.0. The number of likely N-dealkylation sites (tertiary alicyclic amines) is 2. The average Bonchev–Trinajstić information content (AvgIpc) is 3.17. The fourth-order valence-corrected chi connectivity index (χ4v) is 4.56. The highest BCUT2D eigenvalue weighted by atomic mass is 32.1. The van der Waals surface area contributed by atoms with Crippen molar-refractivity contribution in [2.24, 2.45) is 5.41 Å². The number of thiazole rings is 1. The first-order valence-electron chi connectivity index (χ1n) is 8.70. The van der Waals surface area contributed by atoms with Gasteiger partial charge in [0.2, 0.25) is 5.91 Å². The van der Waals surface area contributed by atoms with Crippen LogP contribution in [0.5, 0.6) is 0 Å². The Balaban J connectivity index is 1.62. The molecule has 23 heavy (non-hydrogen) atoms. The molecule has 0 aromatic carbocycles. The quantitative estimate of drug-likeness (QED) is 0.893. The molecule has 5 nitrogen and oxygen atoms in total. The molecule has 3 rings (SSSR count). The number of hydrogen-bond acceptors (Lipinski definition) is 5. The van der Waals surface area contributed by atoms with Crippen LogP contribution in [-0.2, 0) is 11.3 Å². The number of aromatic nitrogens is 1. The minimum atomic E-state index is 0.0401. The van der Waals surface area contributed by atoms with Gasteiger partial charge in [-0.25, -0.2) is 4.98 Å². The fourth-order valence-electron chi connectivity index (χ4n) is 4.00. The van der Waals surface area contributed by atoms with Crippen LogP contribution in [0.1, 0.15) is 37.6 Å². The summed E-state index contributed by atoms with van der Waals surface area (Å²) in [6.07, 6.45) is 6.36. The third-order valence-corrected chi connectivity index (χ3v) is 6.14. The van der Waals surface area contributed by atoms with E-state index in [9.17, 15) is 4.79 Å². The molecule has 1 unspecified atom stereocenters. The van der Waals surface area contributed by atoms with E-state index in [1.165, 1.54) is 12.8 Å². The minimum absolute atomic E-state index is 0.0401. The standard InChI is InChI=1S/C17H28N4OS/c1-3-7-21-13-17(4-8-20(2)9-5-17)11-14(21)16(22)19-12-15-18-6-10-23-15/h6,10,14H,3-5,7-9,11-13H2,1-2H3,(H,19,22). The van der Waals surface area contributed by atoms with Crippen LogP contribution in [-0.4, -0.2) is 60.0 Å². The van der Waals surface area contributed by atoms with E-state index in [1.807, 2.05) is 5.38 Å². The molecule has 2 saturated heterocycles. The molecule has 0 bridgehead atoms. The van der Waals surface area contributed by atoms with E-state index in [1.54, 1.807) is 17.5 Å². The topological polar surface area (TPSA) is 48.5 Å². The summed E-state index contributed by atoms with van der Waals surface area (Å²) in [6, 6.07) is 0.0401. The molecule has 1 spiro atoms. The van der Waals surface area contributed by atoms with Crippen LogP contribution in [0.25, 0.3) is 0 Å². The van der Waals surface area contributed by atoms with Crippen molar-refractivity contribution in [2.75, 3.05) is 33.2 Å². The fraction of sp³-hybridized carbons (Fsp3) is 0.765. The van der Waals surface area contributed by atoms with Crippen LogP contribution in [0.4, 0.5) is 0 Å². The number of carbonyl (C=O) groups is 1. The predicted octanol–water partition coefficient (Wildman–Crippen LogP) is 1.96. The molecule has 3 heterocycles. The Morgan fingerprint density at radius 3 is 2.91 bits per heavy atom. The summed E-state index contributed by atoms with van der Waals surface area (Å²) in [6.45, 7) is 7.19. The van der Waals surface area contributed by atoms with E-state index in [-0.39, 0.29) is 11.9 Å². The third-order valence-electron chi connectivity index (χ3n) is 5.36. The van der Waals surface area contributed by atoms with Gasteiger partial charge in [0, 0.05) is 18.1 Å². The molecule has 1 aromatic heterocycles. The number of hydrogen-bond donors (Lipinski definition) is 1. The SMILES string of the molecule is CCCN1CC2(CCN(C)CC2)CC1C(=O)NCc1nccs1. The Morgan fingerprint density at radius 1 is 1.48 bits per heavy atom. The van der Waals surface area contributed by atoms with E-state index < -0.39 is 0 Å². The van der Waals surface area contributed by atoms with Gasteiger partial charge in [0.15, 0.2) is 0 Å². The van der Waals surface area contributed by atoms with Crippen LogP contribution < -0.4 is 5.32 Å². The number of amides is 1. The van der Waals surface area contributed by atoms with E-state index in [4.69, 9.17) is 0 Å². The second kappa shape index (κ2) is 7.28. The number of piperidine rings is 1. The van der Waals surface area contributed by atoms with E-state index in [2.05, 4.69) is 34.1 Å². The molecule has 1 atom stereocenters. The molecule has 2 aliphatic rings. The van der Waals surface area contributed by atoms with E-state index >= 15 is 0 Å². The van der Waals surface area contributed by atoms with Gasteiger partial charge in [0.05, 0.1) is 12.6 Å². The zero-order valence-corrected chi connectivity index (χ0v) is 15.1. The summed E-state index contributed by atoms with van der Waals surface area (Å²) in [5.41, 5.74) is 0.352. The molecule has 0 saturated carbocycles. The highest BCUT2D eigenvalue weighted by Crippen LogP contribution is 2.43. The van der Waals surface area contributed by atoms with Crippen molar-refractivity contribution in [2.45, 2.75) is 45.2 Å². The Bertz CT molecular complexity index is 511. The number of rotatable bonds is 5. The molecule has 1 N–H and O–H groups in total. The molecular formula is C17H28N4OS. The van der Waals surface area contributed by atoms with Gasteiger partial charge < -0.3 is 10.2 Å². The molecule has 128 valence electrons.